The second-order valence-corrected chi connectivity index (χ2v) is 4.59. The van der Waals surface area contributed by atoms with Gasteiger partial charge in [0.05, 0.1) is 18.3 Å². The van der Waals surface area contributed by atoms with Crippen LogP contribution in [0.1, 0.15) is 25.5 Å². The molecule has 0 atom stereocenters. The Hall–Kier alpha value is -1.55. The Kier molecular flexibility index (Phi) is 3.64. The van der Waals surface area contributed by atoms with E-state index in [1.807, 2.05) is 13.0 Å². The minimum absolute atomic E-state index is 0.626. The Balaban J connectivity index is 1.96. The van der Waals surface area contributed by atoms with Gasteiger partial charge in [-0.25, -0.2) is 4.98 Å². The van der Waals surface area contributed by atoms with E-state index in [1.165, 1.54) is 0 Å². The van der Waals surface area contributed by atoms with Gasteiger partial charge in [0, 0.05) is 0 Å². The van der Waals surface area contributed by atoms with Crippen LogP contribution in [0.5, 0.6) is 0 Å². The summed E-state index contributed by atoms with van der Waals surface area (Å²) in [6.45, 7) is 7.87. The smallest absolute Gasteiger partial charge is 0.208 e. The number of nitrogens with zero attached hydrogens (tertiary/aromatic N) is 1. The molecule has 4 heteroatoms. The first-order valence-corrected chi connectivity index (χ1v) is 5.86. The molecule has 0 fully saturated rings. The molecule has 0 unspecified atom stereocenters. The molecular weight excluding hydrogens is 216 g/mol. The van der Waals surface area contributed by atoms with E-state index in [0.717, 1.165) is 23.6 Å². The fourth-order valence-corrected chi connectivity index (χ4v) is 1.57. The molecule has 17 heavy (non-hydrogen) atoms. The summed E-state index contributed by atoms with van der Waals surface area (Å²) in [5.74, 6) is 2.96. The van der Waals surface area contributed by atoms with Crippen LogP contribution < -0.4 is 5.32 Å². The average Bonchev–Trinajstić information content (AvgIpc) is 2.86. The molecule has 0 amide bonds. The van der Waals surface area contributed by atoms with Gasteiger partial charge < -0.3 is 14.2 Å². The molecule has 0 spiro atoms. The summed E-state index contributed by atoms with van der Waals surface area (Å²) in [6.07, 6.45) is 3.41. The monoisotopic (exact) mass is 234 g/mol. The predicted molar refractivity (Wildman–Crippen MR) is 65.5 cm³/mol. The summed E-state index contributed by atoms with van der Waals surface area (Å²) in [7, 11) is 0. The summed E-state index contributed by atoms with van der Waals surface area (Å²) in [5.41, 5.74) is 0.935. The Bertz CT molecular complexity index is 471. The highest BCUT2D eigenvalue weighted by Crippen LogP contribution is 2.22. The van der Waals surface area contributed by atoms with Gasteiger partial charge in [0.1, 0.15) is 12.0 Å². The fraction of sp³-hybridized carbons (Fsp3) is 0.462. The van der Waals surface area contributed by atoms with Gasteiger partial charge in [-0.1, -0.05) is 13.8 Å². The highest BCUT2D eigenvalue weighted by atomic mass is 16.4. The number of rotatable bonds is 5. The minimum atomic E-state index is 0.626. The molecule has 0 saturated heterocycles. The number of oxazole rings is 1. The molecule has 0 saturated carbocycles. The van der Waals surface area contributed by atoms with Crippen molar-refractivity contribution < 1.29 is 8.83 Å². The van der Waals surface area contributed by atoms with Gasteiger partial charge in [-0.15, -0.1) is 0 Å². The summed E-state index contributed by atoms with van der Waals surface area (Å²) < 4.78 is 10.9. The van der Waals surface area contributed by atoms with Gasteiger partial charge in [0.15, 0.2) is 5.76 Å². The molecule has 0 bridgehead atoms. The van der Waals surface area contributed by atoms with Crippen molar-refractivity contribution in [1.29, 1.82) is 0 Å². The third-order valence-corrected chi connectivity index (χ3v) is 2.40. The fourth-order valence-electron chi connectivity index (χ4n) is 1.57. The predicted octanol–water partition coefficient (Wildman–Crippen LogP) is 2.99. The molecule has 4 nitrogen and oxygen atoms in total. The summed E-state index contributed by atoms with van der Waals surface area (Å²) in [6, 6.07) is 1.94. The van der Waals surface area contributed by atoms with E-state index in [4.69, 9.17) is 8.83 Å². The van der Waals surface area contributed by atoms with Crippen LogP contribution in [0.2, 0.25) is 0 Å². The zero-order valence-corrected chi connectivity index (χ0v) is 10.5. The van der Waals surface area contributed by atoms with Crippen molar-refractivity contribution >= 4 is 0 Å². The lowest BCUT2D eigenvalue weighted by molar-refractivity contribution is 0.458. The van der Waals surface area contributed by atoms with Crippen molar-refractivity contribution in [2.75, 3.05) is 6.54 Å². The first kappa shape index (κ1) is 11.9. The molecule has 1 N–H and O–H groups in total. The van der Waals surface area contributed by atoms with Gasteiger partial charge in [-0.05, 0) is 25.5 Å². The van der Waals surface area contributed by atoms with E-state index >= 15 is 0 Å². The van der Waals surface area contributed by atoms with Gasteiger partial charge in [-0.2, -0.15) is 0 Å². The molecule has 0 aliphatic heterocycles. The zero-order chi connectivity index (χ0) is 12.3. The van der Waals surface area contributed by atoms with Crippen LogP contribution in [0.15, 0.2) is 27.4 Å². The first-order valence-electron chi connectivity index (χ1n) is 5.86. The molecular formula is C13H18N2O2. The first-order chi connectivity index (χ1) is 8.15. The lowest BCUT2D eigenvalue weighted by Crippen LogP contribution is -2.18. The van der Waals surface area contributed by atoms with Crippen LogP contribution >= 0.6 is 0 Å². The number of hydrogen-bond donors (Lipinski definition) is 1. The topological polar surface area (TPSA) is 51.2 Å². The quantitative estimate of drug-likeness (QED) is 0.864. The summed E-state index contributed by atoms with van der Waals surface area (Å²) >= 11 is 0. The molecule has 0 radical (unpaired) electrons. The maximum absolute atomic E-state index is 5.63. The van der Waals surface area contributed by atoms with Crippen LogP contribution in [0.25, 0.3) is 11.3 Å². The van der Waals surface area contributed by atoms with E-state index in [1.54, 1.807) is 12.5 Å². The van der Waals surface area contributed by atoms with E-state index in [9.17, 15) is 0 Å². The summed E-state index contributed by atoms with van der Waals surface area (Å²) in [5, 5.41) is 3.29. The van der Waals surface area contributed by atoms with E-state index < -0.39 is 0 Å². The van der Waals surface area contributed by atoms with Crippen molar-refractivity contribution in [2.24, 2.45) is 5.92 Å². The van der Waals surface area contributed by atoms with Crippen molar-refractivity contribution in [3.8, 4) is 11.3 Å². The highest BCUT2D eigenvalue weighted by molar-refractivity contribution is 5.55. The van der Waals surface area contributed by atoms with Crippen molar-refractivity contribution in [3.05, 3.63) is 30.2 Å². The Morgan fingerprint density at radius 1 is 1.41 bits per heavy atom. The molecule has 2 heterocycles. The Labute approximate surface area is 101 Å². The number of furan rings is 1. The van der Waals surface area contributed by atoms with Crippen LogP contribution in [-0.4, -0.2) is 11.5 Å². The molecule has 0 aliphatic rings. The third-order valence-electron chi connectivity index (χ3n) is 2.40. The van der Waals surface area contributed by atoms with E-state index in [2.05, 4.69) is 24.1 Å². The van der Waals surface area contributed by atoms with Crippen LogP contribution in [0.3, 0.4) is 0 Å². The normalized spacial score (nSPS) is 11.3. The highest BCUT2D eigenvalue weighted by Gasteiger charge is 2.08. The number of aromatic nitrogens is 1. The Morgan fingerprint density at radius 3 is 2.88 bits per heavy atom. The largest absolute Gasteiger partial charge is 0.469 e. The zero-order valence-electron chi connectivity index (χ0n) is 10.5. The average molecular weight is 234 g/mol. The molecule has 0 aromatic carbocycles. The van der Waals surface area contributed by atoms with Gasteiger partial charge in [0.25, 0.3) is 0 Å². The third kappa shape index (κ3) is 3.20. The van der Waals surface area contributed by atoms with E-state index in [-0.39, 0.29) is 0 Å². The molecule has 0 aliphatic carbocycles. The lowest BCUT2D eigenvalue weighted by atomic mass is 10.2. The summed E-state index contributed by atoms with van der Waals surface area (Å²) in [4.78, 5) is 4.23. The van der Waals surface area contributed by atoms with Gasteiger partial charge in [-0.3, -0.25) is 0 Å². The SMILES string of the molecule is Cc1cc(-c2cnc(CNCC(C)C)o2)co1. The van der Waals surface area contributed by atoms with Crippen LogP contribution in [0.4, 0.5) is 0 Å². The van der Waals surface area contributed by atoms with Gasteiger partial charge >= 0.3 is 0 Å². The molecule has 2 aromatic heterocycles. The molecule has 92 valence electrons. The van der Waals surface area contributed by atoms with Gasteiger partial charge in [0.2, 0.25) is 5.89 Å². The second kappa shape index (κ2) is 5.19. The molecule has 2 aromatic rings. The molecule has 2 rings (SSSR count). The van der Waals surface area contributed by atoms with E-state index in [0.29, 0.717) is 18.4 Å². The maximum Gasteiger partial charge on any atom is 0.208 e. The lowest BCUT2D eigenvalue weighted by Gasteiger charge is -2.03. The van der Waals surface area contributed by atoms with Crippen molar-refractivity contribution in [3.63, 3.8) is 0 Å². The van der Waals surface area contributed by atoms with Crippen LogP contribution in [-0.2, 0) is 6.54 Å². The standard InChI is InChI=1S/C13H18N2O2/c1-9(2)5-14-7-13-15-6-12(17-13)11-4-10(3)16-8-11/h4,6,8-9,14H,5,7H2,1-3H3. The van der Waals surface area contributed by atoms with Crippen molar-refractivity contribution in [1.82, 2.24) is 10.3 Å². The van der Waals surface area contributed by atoms with Crippen molar-refractivity contribution in [2.45, 2.75) is 27.3 Å². The minimum Gasteiger partial charge on any atom is -0.469 e. The maximum atomic E-state index is 5.63. The number of nitrogens with one attached hydrogen (secondary N) is 1. The number of hydrogen-bond acceptors (Lipinski definition) is 4. The number of aryl methyl sites for hydroxylation is 1. The Morgan fingerprint density at radius 2 is 2.24 bits per heavy atom. The van der Waals surface area contributed by atoms with Crippen LogP contribution in [0, 0.1) is 12.8 Å². The second-order valence-electron chi connectivity index (χ2n) is 4.59.